The third-order valence-corrected chi connectivity index (χ3v) is 4.36. The second-order valence-electron chi connectivity index (χ2n) is 6.22. The maximum Gasteiger partial charge on any atom is 0.227 e. The van der Waals surface area contributed by atoms with E-state index in [1.54, 1.807) is 0 Å². The van der Waals surface area contributed by atoms with Crippen LogP contribution in [0.3, 0.4) is 0 Å². The van der Waals surface area contributed by atoms with Crippen LogP contribution in [0, 0.1) is 6.92 Å². The molecule has 1 aliphatic rings. The second-order valence-corrected chi connectivity index (χ2v) is 6.22. The maximum absolute atomic E-state index is 12.5. The average Bonchev–Trinajstić information content (AvgIpc) is 2.94. The summed E-state index contributed by atoms with van der Waals surface area (Å²) in [5.74, 6) is 0.912. The normalized spacial score (nSPS) is 15.1. The molecular formula is C18H23N3O3. The van der Waals surface area contributed by atoms with Crippen molar-refractivity contribution in [3.8, 4) is 0 Å². The maximum atomic E-state index is 12.5. The van der Waals surface area contributed by atoms with Gasteiger partial charge in [0, 0.05) is 39.5 Å². The standard InChI is InChI=1S/C18H23N3O3/c1-3-4-17(22)20-7-9-21(10-8-20)18(23)12-14-5-6-16-15(11-14)19-13(2)24-16/h5-6,11H,3-4,7-10,12H2,1-2H3. The molecule has 2 amide bonds. The Labute approximate surface area is 141 Å². The van der Waals surface area contributed by atoms with Crippen LogP contribution in [0.15, 0.2) is 22.6 Å². The van der Waals surface area contributed by atoms with Crippen molar-refractivity contribution in [1.82, 2.24) is 14.8 Å². The zero-order valence-electron chi connectivity index (χ0n) is 14.2. The van der Waals surface area contributed by atoms with Crippen LogP contribution in [0.4, 0.5) is 0 Å². The molecule has 24 heavy (non-hydrogen) atoms. The fourth-order valence-electron chi connectivity index (χ4n) is 3.06. The first kappa shape index (κ1) is 16.5. The van der Waals surface area contributed by atoms with Crippen LogP contribution in [-0.2, 0) is 16.0 Å². The van der Waals surface area contributed by atoms with Gasteiger partial charge < -0.3 is 14.2 Å². The lowest BCUT2D eigenvalue weighted by atomic mass is 10.1. The van der Waals surface area contributed by atoms with Gasteiger partial charge in [-0.05, 0) is 24.1 Å². The quantitative estimate of drug-likeness (QED) is 0.862. The van der Waals surface area contributed by atoms with Gasteiger partial charge in [-0.3, -0.25) is 9.59 Å². The van der Waals surface area contributed by atoms with Crippen LogP contribution in [-0.4, -0.2) is 52.8 Å². The summed E-state index contributed by atoms with van der Waals surface area (Å²) in [5, 5.41) is 0. The monoisotopic (exact) mass is 329 g/mol. The molecule has 1 fully saturated rings. The van der Waals surface area contributed by atoms with Crippen molar-refractivity contribution in [3.63, 3.8) is 0 Å². The number of fused-ring (bicyclic) bond motifs is 1. The van der Waals surface area contributed by atoms with Crippen molar-refractivity contribution >= 4 is 22.9 Å². The highest BCUT2D eigenvalue weighted by Crippen LogP contribution is 2.18. The molecular weight excluding hydrogens is 306 g/mol. The van der Waals surface area contributed by atoms with Gasteiger partial charge in [0.25, 0.3) is 0 Å². The minimum absolute atomic E-state index is 0.0946. The molecule has 1 aliphatic heterocycles. The van der Waals surface area contributed by atoms with Gasteiger partial charge in [0.05, 0.1) is 6.42 Å². The first-order chi connectivity index (χ1) is 11.6. The van der Waals surface area contributed by atoms with Crippen LogP contribution in [0.5, 0.6) is 0 Å². The molecule has 0 bridgehead atoms. The number of hydrogen-bond acceptors (Lipinski definition) is 4. The van der Waals surface area contributed by atoms with E-state index in [4.69, 9.17) is 4.42 Å². The van der Waals surface area contributed by atoms with Crippen LogP contribution >= 0.6 is 0 Å². The third kappa shape index (κ3) is 3.58. The highest BCUT2D eigenvalue weighted by Gasteiger charge is 2.23. The van der Waals surface area contributed by atoms with E-state index in [1.807, 2.05) is 41.8 Å². The number of amides is 2. The van der Waals surface area contributed by atoms with E-state index in [0.717, 1.165) is 23.1 Å². The lowest BCUT2D eigenvalue weighted by molar-refractivity contribution is -0.139. The zero-order valence-corrected chi connectivity index (χ0v) is 14.2. The van der Waals surface area contributed by atoms with Crippen molar-refractivity contribution in [2.24, 2.45) is 0 Å². The molecule has 0 aliphatic carbocycles. The van der Waals surface area contributed by atoms with Crippen LogP contribution in [0.1, 0.15) is 31.2 Å². The fraction of sp³-hybridized carbons (Fsp3) is 0.500. The van der Waals surface area contributed by atoms with Crippen molar-refractivity contribution < 1.29 is 14.0 Å². The number of piperazine rings is 1. The Morgan fingerprint density at radius 3 is 2.46 bits per heavy atom. The summed E-state index contributed by atoms with van der Waals surface area (Å²) in [6, 6.07) is 5.68. The highest BCUT2D eigenvalue weighted by atomic mass is 16.3. The van der Waals surface area contributed by atoms with E-state index in [1.165, 1.54) is 0 Å². The number of aromatic nitrogens is 1. The molecule has 0 N–H and O–H groups in total. The van der Waals surface area contributed by atoms with E-state index in [-0.39, 0.29) is 11.8 Å². The number of benzene rings is 1. The molecule has 1 saturated heterocycles. The molecule has 1 aromatic carbocycles. The summed E-state index contributed by atoms with van der Waals surface area (Å²) in [4.78, 5) is 32.4. The largest absolute Gasteiger partial charge is 0.441 e. The van der Waals surface area contributed by atoms with E-state index in [2.05, 4.69) is 4.98 Å². The summed E-state index contributed by atoms with van der Waals surface area (Å²) in [5.41, 5.74) is 2.46. The van der Waals surface area contributed by atoms with Crippen LogP contribution in [0.25, 0.3) is 11.1 Å². The second kappa shape index (κ2) is 7.03. The predicted octanol–water partition coefficient (Wildman–Crippen LogP) is 2.15. The number of rotatable bonds is 4. The number of hydrogen-bond donors (Lipinski definition) is 0. The Hall–Kier alpha value is -2.37. The summed E-state index contributed by atoms with van der Waals surface area (Å²) < 4.78 is 5.45. The van der Waals surface area contributed by atoms with Crippen LogP contribution in [0.2, 0.25) is 0 Å². The minimum atomic E-state index is 0.0946. The Balaban J connectivity index is 1.58. The molecule has 0 spiro atoms. The first-order valence-electron chi connectivity index (χ1n) is 8.48. The molecule has 0 saturated carbocycles. The topological polar surface area (TPSA) is 66.7 Å². The van der Waals surface area contributed by atoms with Gasteiger partial charge in [-0.1, -0.05) is 13.0 Å². The van der Waals surface area contributed by atoms with Gasteiger partial charge in [0.15, 0.2) is 11.5 Å². The van der Waals surface area contributed by atoms with E-state index >= 15 is 0 Å². The van der Waals surface area contributed by atoms with Crippen LogP contribution < -0.4 is 0 Å². The molecule has 6 heteroatoms. The summed E-state index contributed by atoms with van der Waals surface area (Å²) in [6.45, 7) is 6.30. The Morgan fingerprint density at radius 1 is 1.12 bits per heavy atom. The Kier molecular flexibility index (Phi) is 4.83. The molecule has 6 nitrogen and oxygen atoms in total. The van der Waals surface area contributed by atoms with Gasteiger partial charge in [-0.2, -0.15) is 0 Å². The van der Waals surface area contributed by atoms with Gasteiger partial charge >= 0.3 is 0 Å². The highest BCUT2D eigenvalue weighted by molar-refractivity contribution is 5.82. The number of aryl methyl sites for hydroxylation is 1. The summed E-state index contributed by atoms with van der Waals surface area (Å²) in [6.07, 6.45) is 1.80. The smallest absolute Gasteiger partial charge is 0.227 e. The summed E-state index contributed by atoms with van der Waals surface area (Å²) >= 11 is 0. The van der Waals surface area contributed by atoms with Gasteiger partial charge in [-0.15, -0.1) is 0 Å². The molecule has 128 valence electrons. The number of carbonyl (C=O) groups excluding carboxylic acids is 2. The number of carbonyl (C=O) groups is 2. The first-order valence-corrected chi connectivity index (χ1v) is 8.48. The molecule has 0 unspecified atom stereocenters. The molecule has 0 atom stereocenters. The third-order valence-electron chi connectivity index (χ3n) is 4.36. The van der Waals surface area contributed by atoms with Crippen molar-refractivity contribution in [2.75, 3.05) is 26.2 Å². The summed E-state index contributed by atoms with van der Waals surface area (Å²) in [7, 11) is 0. The van der Waals surface area contributed by atoms with E-state index < -0.39 is 0 Å². The van der Waals surface area contributed by atoms with Crippen molar-refractivity contribution in [2.45, 2.75) is 33.1 Å². The van der Waals surface area contributed by atoms with E-state index in [0.29, 0.717) is 44.9 Å². The lowest BCUT2D eigenvalue weighted by Crippen LogP contribution is -2.50. The van der Waals surface area contributed by atoms with Gasteiger partial charge in [0.2, 0.25) is 11.8 Å². The number of nitrogens with zero attached hydrogens (tertiary/aromatic N) is 3. The zero-order chi connectivity index (χ0) is 17.1. The predicted molar refractivity (Wildman–Crippen MR) is 90.5 cm³/mol. The molecule has 2 aromatic rings. The molecule has 2 heterocycles. The van der Waals surface area contributed by atoms with Crippen molar-refractivity contribution in [3.05, 3.63) is 29.7 Å². The molecule has 0 radical (unpaired) electrons. The minimum Gasteiger partial charge on any atom is -0.441 e. The van der Waals surface area contributed by atoms with E-state index in [9.17, 15) is 9.59 Å². The van der Waals surface area contributed by atoms with Gasteiger partial charge in [-0.25, -0.2) is 4.98 Å². The Bertz CT molecular complexity index is 745. The SMILES string of the molecule is CCCC(=O)N1CCN(C(=O)Cc2ccc3oc(C)nc3c2)CC1. The van der Waals surface area contributed by atoms with Crippen molar-refractivity contribution in [1.29, 1.82) is 0 Å². The Morgan fingerprint density at radius 2 is 1.79 bits per heavy atom. The molecule has 1 aromatic heterocycles. The molecule has 3 rings (SSSR count). The fourth-order valence-corrected chi connectivity index (χ4v) is 3.06. The lowest BCUT2D eigenvalue weighted by Gasteiger charge is -2.35. The number of oxazole rings is 1. The van der Waals surface area contributed by atoms with Gasteiger partial charge in [0.1, 0.15) is 5.52 Å². The average molecular weight is 329 g/mol.